The van der Waals surface area contributed by atoms with Crippen LogP contribution in [0.5, 0.6) is 5.75 Å². The molecule has 0 atom stereocenters. The Morgan fingerprint density at radius 3 is 2.47 bits per heavy atom. The van der Waals surface area contributed by atoms with E-state index in [0.29, 0.717) is 11.3 Å². The SMILES string of the molecule is CC(C)CCOc1ccccc1CNCC(C)(C)C. The number of benzene rings is 1. The summed E-state index contributed by atoms with van der Waals surface area (Å²) in [7, 11) is 0. The van der Waals surface area contributed by atoms with Crippen molar-refractivity contribution in [2.24, 2.45) is 11.3 Å². The first-order valence-corrected chi connectivity index (χ1v) is 7.30. The summed E-state index contributed by atoms with van der Waals surface area (Å²) in [6.45, 7) is 13.8. The zero-order valence-corrected chi connectivity index (χ0v) is 13.1. The fourth-order valence-electron chi connectivity index (χ4n) is 1.77. The maximum Gasteiger partial charge on any atom is 0.123 e. The molecule has 0 aliphatic rings. The highest BCUT2D eigenvalue weighted by molar-refractivity contribution is 5.33. The Kier molecular flexibility index (Phi) is 6.36. The highest BCUT2D eigenvalue weighted by atomic mass is 16.5. The third kappa shape index (κ3) is 7.22. The minimum atomic E-state index is 0.313. The summed E-state index contributed by atoms with van der Waals surface area (Å²) in [5.41, 5.74) is 1.56. The largest absolute Gasteiger partial charge is 0.493 e. The lowest BCUT2D eigenvalue weighted by molar-refractivity contribution is 0.285. The summed E-state index contributed by atoms with van der Waals surface area (Å²) in [4.78, 5) is 0. The standard InChI is InChI=1S/C17H29NO/c1-14(2)10-11-19-16-9-7-6-8-15(16)12-18-13-17(3,4)5/h6-9,14,18H,10-13H2,1-5H3. The summed E-state index contributed by atoms with van der Waals surface area (Å²) < 4.78 is 5.89. The van der Waals surface area contributed by atoms with Crippen LogP contribution >= 0.6 is 0 Å². The molecule has 0 fully saturated rings. The van der Waals surface area contributed by atoms with Crippen molar-refractivity contribution in [1.29, 1.82) is 0 Å². The topological polar surface area (TPSA) is 21.3 Å². The summed E-state index contributed by atoms with van der Waals surface area (Å²) >= 11 is 0. The molecule has 0 heterocycles. The van der Waals surface area contributed by atoms with Crippen LogP contribution in [0, 0.1) is 11.3 Å². The molecule has 2 heteroatoms. The average Bonchev–Trinajstić information content (AvgIpc) is 2.29. The predicted molar refractivity (Wildman–Crippen MR) is 82.6 cm³/mol. The van der Waals surface area contributed by atoms with Gasteiger partial charge in [-0.25, -0.2) is 0 Å². The molecule has 0 aliphatic heterocycles. The molecule has 0 bridgehead atoms. The van der Waals surface area contributed by atoms with Crippen molar-refractivity contribution in [1.82, 2.24) is 5.32 Å². The molecule has 0 saturated carbocycles. The van der Waals surface area contributed by atoms with Crippen LogP contribution in [0.25, 0.3) is 0 Å². The van der Waals surface area contributed by atoms with Crippen LogP contribution in [0.15, 0.2) is 24.3 Å². The first-order chi connectivity index (χ1) is 8.88. The van der Waals surface area contributed by atoms with E-state index >= 15 is 0 Å². The van der Waals surface area contributed by atoms with Crippen molar-refractivity contribution >= 4 is 0 Å². The molecule has 108 valence electrons. The van der Waals surface area contributed by atoms with Crippen LogP contribution in [-0.2, 0) is 6.54 Å². The van der Waals surface area contributed by atoms with Gasteiger partial charge in [0, 0.05) is 18.7 Å². The molecule has 0 saturated heterocycles. The normalized spacial score (nSPS) is 11.9. The second kappa shape index (κ2) is 7.54. The zero-order chi connectivity index (χ0) is 14.3. The fourth-order valence-corrected chi connectivity index (χ4v) is 1.77. The van der Waals surface area contributed by atoms with Gasteiger partial charge >= 0.3 is 0 Å². The molecule has 1 aromatic rings. The van der Waals surface area contributed by atoms with Crippen molar-refractivity contribution in [3.63, 3.8) is 0 Å². The molecular formula is C17H29NO. The molecule has 0 amide bonds. The Morgan fingerprint density at radius 1 is 1.16 bits per heavy atom. The van der Waals surface area contributed by atoms with E-state index in [1.807, 2.05) is 6.07 Å². The lowest BCUT2D eigenvalue weighted by Crippen LogP contribution is -2.26. The Morgan fingerprint density at radius 2 is 1.84 bits per heavy atom. The summed E-state index contributed by atoms with van der Waals surface area (Å²) in [6.07, 6.45) is 1.10. The van der Waals surface area contributed by atoms with Gasteiger partial charge in [-0.15, -0.1) is 0 Å². The van der Waals surface area contributed by atoms with E-state index in [1.165, 1.54) is 5.56 Å². The van der Waals surface area contributed by atoms with Gasteiger partial charge in [-0.2, -0.15) is 0 Å². The van der Waals surface area contributed by atoms with Gasteiger partial charge in [0.25, 0.3) is 0 Å². The van der Waals surface area contributed by atoms with Crippen molar-refractivity contribution in [2.75, 3.05) is 13.2 Å². The molecule has 19 heavy (non-hydrogen) atoms. The molecule has 0 aromatic heterocycles. The Hall–Kier alpha value is -1.02. The van der Waals surface area contributed by atoms with Crippen molar-refractivity contribution in [3.8, 4) is 5.75 Å². The number of ether oxygens (including phenoxy) is 1. The maximum absolute atomic E-state index is 5.89. The quantitative estimate of drug-likeness (QED) is 0.794. The third-order valence-electron chi connectivity index (χ3n) is 2.90. The molecule has 1 N–H and O–H groups in total. The number of nitrogens with one attached hydrogen (secondary N) is 1. The zero-order valence-electron chi connectivity index (χ0n) is 13.1. The number of para-hydroxylation sites is 1. The molecule has 0 radical (unpaired) electrons. The minimum Gasteiger partial charge on any atom is -0.493 e. The first kappa shape index (κ1) is 16.0. The highest BCUT2D eigenvalue weighted by Crippen LogP contribution is 2.19. The minimum absolute atomic E-state index is 0.313. The van der Waals surface area contributed by atoms with E-state index < -0.39 is 0 Å². The molecule has 0 aliphatic carbocycles. The van der Waals surface area contributed by atoms with E-state index in [9.17, 15) is 0 Å². The van der Waals surface area contributed by atoms with Gasteiger partial charge in [0.2, 0.25) is 0 Å². The summed E-state index contributed by atoms with van der Waals surface area (Å²) in [5, 5.41) is 3.50. The van der Waals surface area contributed by atoms with E-state index in [4.69, 9.17) is 4.74 Å². The average molecular weight is 263 g/mol. The summed E-state index contributed by atoms with van der Waals surface area (Å²) in [6, 6.07) is 8.32. The molecule has 2 nitrogen and oxygen atoms in total. The molecule has 1 rings (SSSR count). The second-order valence-electron chi connectivity index (χ2n) is 6.80. The van der Waals surface area contributed by atoms with Crippen LogP contribution < -0.4 is 10.1 Å². The van der Waals surface area contributed by atoms with Gasteiger partial charge in [-0.3, -0.25) is 0 Å². The highest BCUT2D eigenvalue weighted by Gasteiger charge is 2.10. The number of rotatable bonds is 7. The Labute approximate surface area is 118 Å². The van der Waals surface area contributed by atoms with Crippen molar-refractivity contribution < 1.29 is 4.74 Å². The Balaban J connectivity index is 2.48. The van der Waals surface area contributed by atoms with Gasteiger partial charge in [0.1, 0.15) is 5.75 Å². The Bertz CT molecular complexity index is 366. The van der Waals surface area contributed by atoms with Crippen LogP contribution in [0.3, 0.4) is 0 Å². The molecule has 0 spiro atoms. The van der Waals surface area contributed by atoms with Gasteiger partial charge in [0.15, 0.2) is 0 Å². The molecular weight excluding hydrogens is 234 g/mol. The van der Waals surface area contributed by atoms with Crippen molar-refractivity contribution in [3.05, 3.63) is 29.8 Å². The monoisotopic (exact) mass is 263 g/mol. The second-order valence-corrected chi connectivity index (χ2v) is 6.80. The van der Waals surface area contributed by atoms with E-state index in [-0.39, 0.29) is 0 Å². The van der Waals surface area contributed by atoms with Crippen LogP contribution in [0.4, 0.5) is 0 Å². The third-order valence-corrected chi connectivity index (χ3v) is 2.90. The molecule has 0 unspecified atom stereocenters. The smallest absolute Gasteiger partial charge is 0.123 e. The fraction of sp³-hybridized carbons (Fsp3) is 0.647. The van der Waals surface area contributed by atoms with Gasteiger partial charge in [-0.05, 0) is 23.8 Å². The van der Waals surface area contributed by atoms with Gasteiger partial charge < -0.3 is 10.1 Å². The predicted octanol–water partition coefficient (Wildman–Crippen LogP) is 4.25. The van der Waals surface area contributed by atoms with Crippen LogP contribution in [0.1, 0.15) is 46.6 Å². The van der Waals surface area contributed by atoms with Gasteiger partial charge in [-0.1, -0.05) is 52.8 Å². The lowest BCUT2D eigenvalue weighted by atomic mass is 9.97. The van der Waals surface area contributed by atoms with E-state index in [0.717, 1.165) is 31.9 Å². The lowest BCUT2D eigenvalue weighted by Gasteiger charge is -2.19. The first-order valence-electron chi connectivity index (χ1n) is 7.30. The number of hydrogen-bond acceptors (Lipinski definition) is 2. The molecule has 1 aromatic carbocycles. The van der Waals surface area contributed by atoms with E-state index in [1.54, 1.807) is 0 Å². The maximum atomic E-state index is 5.89. The summed E-state index contributed by atoms with van der Waals surface area (Å²) in [5.74, 6) is 1.70. The van der Waals surface area contributed by atoms with Crippen LogP contribution in [0.2, 0.25) is 0 Å². The number of hydrogen-bond donors (Lipinski definition) is 1. The van der Waals surface area contributed by atoms with Crippen LogP contribution in [-0.4, -0.2) is 13.2 Å². The van der Waals surface area contributed by atoms with Gasteiger partial charge in [0.05, 0.1) is 6.61 Å². The van der Waals surface area contributed by atoms with Crippen molar-refractivity contribution in [2.45, 2.75) is 47.6 Å². The van der Waals surface area contributed by atoms with E-state index in [2.05, 4.69) is 58.1 Å².